The zero-order valence-corrected chi connectivity index (χ0v) is 12.4. The van der Waals surface area contributed by atoms with Gasteiger partial charge in [0, 0.05) is 30.4 Å². The quantitative estimate of drug-likeness (QED) is 0.812. The summed E-state index contributed by atoms with van der Waals surface area (Å²) in [5.41, 5.74) is 7.14. The lowest BCUT2D eigenvalue weighted by molar-refractivity contribution is -0.116. The molecule has 1 atom stereocenters. The van der Waals surface area contributed by atoms with E-state index in [9.17, 15) is 4.79 Å². The number of amides is 1. The molecule has 3 N–H and O–H groups in total. The first-order chi connectivity index (χ1) is 9.56. The summed E-state index contributed by atoms with van der Waals surface area (Å²) in [6.45, 7) is 6.50. The lowest BCUT2D eigenvalue weighted by atomic mass is 10.0. The van der Waals surface area contributed by atoms with Crippen molar-refractivity contribution in [2.24, 2.45) is 5.92 Å². The smallest absolute Gasteiger partial charge is 0.225 e. The summed E-state index contributed by atoms with van der Waals surface area (Å²) >= 11 is 0. The Hall–Kier alpha value is -1.55. The number of anilines is 2. The fourth-order valence-electron chi connectivity index (χ4n) is 2.92. The molecule has 2 rings (SSSR count). The molecule has 110 valence electrons. The Balaban J connectivity index is 1.79. The second-order valence-corrected chi connectivity index (χ2v) is 5.91. The zero-order valence-electron chi connectivity index (χ0n) is 12.4. The van der Waals surface area contributed by atoms with Gasteiger partial charge in [0.25, 0.3) is 0 Å². The summed E-state index contributed by atoms with van der Waals surface area (Å²) in [6, 6.07) is 7.90. The van der Waals surface area contributed by atoms with E-state index in [1.165, 1.54) is 12.8 Å². The van der Waals surface area contributed by atoms with Crippen molar-refractivity contribution in [2.45, 2.75) is 39.2 Å². The lowest BCUT2D eigenvalue weighted by Gasteiger charge is -2.27. The van der Waals surface area contributed by atoms with Crippen molar-refractivity contribution in [3.8, 4) is 0 Å². The molecule has 1 saturated heterocycles. The predicted molar refractivity (Wildman–Crippen MR) is 83.5 cm³/mol. The number of nitrogens with two attached hydrogens (primary N) is 1. The summed E-state index contributed by atoms with van der Waals surface area (Å²) < 4.78 is 0. The minimum atomic E-state index is 0.0733. The number of carbonyl (C=O) groups is 1. The second kappa shape index (κ2) is 6.75. The normalized spacial score (nSPS) is 19.4. The third-order valence-electron chi connectivity index (χ3n) is 4.00. The van der Waals surface area contributed by atoms with Crippen molar-refractivity contribution in [3.05, 3.63) is 24.3 Å². The van der Waals surface area contributed by atoms with Crippen LogP contribution in [0.5, 0.6) is 0 Å². The van der Waals surface area contributed by atoms with E-state index in [0.29, 0.717) is 24.1 Å². The highest BCUT2D eigenvalue weighted by atomic mass is 16.1. The van der Waals surface area contributed by atoms with Gasteiger partial charge in [0.15, 0.2) is 0 Å². The van der Waals surface area contributed by atoms with Crippen LogP contribution in [0.25, 0.3) is 0 Å². The minimum absolute atomic E-state index is 0.0733. The van der Waals surface area contributed by atoms with Crippen molar-refractivity contribution in [1.82, 2.24) is 4.90 Å². The first-order valence-electron chi connectivity index (χ1n) is 7.45. The summed E-state index contributed by atoms with van der Waals surface area (Å²) in [7, 11) is 0. The van der Waals surface area contributed by atoms with Gasteiger partial charge in [-0.15, -0.1) is 0 Å². The van der Waals surface area contributed by atoms with Crippen LogP contribution in [0.15, 0.2) is 24.3 Å². The number of nitrogens with zero attached hydrogens (tertiary/aromatic N) is 1. The first kappa shape index (κ1) is 14.9. The Kier molecular flexibility index (Phi) is 5.01. The van der Waals surface area contributed by atoms with Crippen LogP contribution in [-0.2, 0) is 4.79 Å². The van der Waals surface area contributed by atoms with E-state index in [0.717, 1.165) is 18.8 Å². The molecular formula is C16H25N3O. The van der Waals surface area contributed by atoms with E-state index in [-0.39, 0.29) is 5.91 Å². The molecule has 0 saturated carbocycles. The molecule has 1 aliphatic rings. The van der Waals surface area contributed by atoms with Gasteiger partial charge in [0.05, 0.1) is 0 Å². The molecular weight excluding hydrogens is 250 g/mol. The van der Waals surface area contributed by atoms with Gasteiger partial charge in [-0.2, -0.15) is 0 Å². The number of nitrogens with one attached hydrogen (secondary N) is 1. The Labute approximate surface area is 121 Å². The van der Waals surface area contributed by atoms with Crippen molar-refractivity contribution in [2.75, 3.05) is 24.1 Å². The summed E-state index contributed by atoms with van der Waals surface area (Å²) in [5, 5.41) is 2.92. The van der Waals surface area contributed by atoms with E-state index in [1.807, 2.05) is 12.1 Å². The summed E-state index contributed by atoms with van der Waals surface area (Å²) in [4.78, 5) is 14.4. The predicted octanol–water partition coefficient (Wildman–Crippen LogP) is 2.72. The Bertz CT molecular complexity index is 442. The zero-order chi connectivity index (χ0) is 14.5. The molecule has 0 aromatic heterocycles. The number of nitrogen functional groups attached to an aromatic ring is 1. The van der Waals surface area contributed by atoms with Gasteiger partial charge >= 0.3 is 0 Å². The van der Waals surface area contributed by atoms with Gasteiger partial charge in [0.1, 0.15) is 0 Å². The monoisotopic (exact) mass is 275 g/mol. The van der Waals surface area contributed by atoms with E-state index in [4.69, 9.17) is 5.73 Å². The highest BCUT2D eigenvalue weighted by molar-refractivity contribution is 5.90. The highest BCUT2D eigenvalue weighted by Crippen LogP contribution is 2.23. The molecule has 0 spiro atoms. The molecule has 1 unspecified atom stereocenters. The maximum absolute atomic E-state index is 12.0. The number of hydrogen-bond donors (Lipinski definition) is 2. The Morgan fingerprint density at radius 2 is 2.10 bits per heavy atom. The van der Waals surface area contributed by atoms with Crippen LogP contribution in [-0.4, -0.2) is 29.9 Å². The fraction of sp³-hybridized carbons (Fsp3) is 0.562. The van der Waals surface area contributed by atoms with Gasteiger partial charge in [0.2, 0.25) is 5.91 Å². The molecule has 0 radical (unpaired) electrons. The van der Waals surface area contributed by atoms with Gasteiger partial charge in [-0.05, 0) is 49.6 Å². The second-order valence-electron chi connectivity index (χ2n) is 5.91. The number of rotatable bonds is 5. The average molecular weight is 275 g/mol. The van der Waals surface area contributed by atoms with Gasteiger partial charge in [-0.25, -0.2) is 0 Å². The molecule has 0 bridgehead atoms. The Morgan fingerprint density at radius 1 is 1.40 bits per heavy atom. The molecule has 20 heavy (non-hydrogen) atoms. The van der Waals surface area contributed by atoms with Gasteiger partial charge in [-0.3, -0.25) is 9.69 Å². The van der Waals surface area contributed by atoms with Crippen LogP contribution in [0.4, 0.5) is 11.4 Å². The van der Waals surface area contributed by atoms with Crippen LogP contribution in [0.3, 0.4) is 0 Å². The van der Waals surface area contributed by atoms with Crippen molar-refractivity contribution >= 4 is 17.3 Å². The van der Waals surface area contributed by atoms with Crippen molar-refractivity contribution < 1.29 is 4.79 Å². The van der Waals surface area contributed by atoms with E-state index in [1.54, 1.807) is 12.1 Å². The number of benzene rings is 1. The van der Waals surface area contributed by atoms with E-state index >= 15 is 0 Å². The molecule has 1 heterocycles. The first-order valence-corrected chi connectivity index (χ1v) is 7.45. The minimum Gasteiger partial charge on any atom is -0.399 e. The molecule has 1 aromatic rings. The SMILES string of the molecule is CC(C)C1CCCN1CCC(=O)Nc1ccc(N)cc1. The maximum atomic E-state index is 12.0. The third kappa shape index (κ3) is 3.97. The fourth-order valence-corrected chi connectivity index (χ4v) is 2.92. The van der Waals surface area contributed by atoms with Crippen LogP contribution >= 0.6 is 0 Å². The van der Waals surface area contributed by atoms with E-state index < -0.39 is 0 Å². The topological polar surface area (TPSA) is 58.4 Å². The number of likely N-dealkylation sites (tertiary alicyclic amines) is 1. The van der Waals surface area contributed by atoms with Crippen LogP contribution in [0.2, 0.25) is 0 Å². The summed E-state index contributed by atoms with van der Waals surface area (Å²) in [5.74, 6) is 0.738. The van der Waals surface area contributed by atoms with Crippen molar-refractivity contribution in [1.29, 1.82) is 0 Å². The number of hydrogen-bond acceptors (Lipinski definition) is 3. The molecule has 1 amide bonds. The number of carbonyl (C=O) groups excluding carboxylic acids is 1. The Morgan fingerprint density at radius 3 is 2.75 bits per heavy atom. The maximum Gasteiger partial charge on any atom is 0.225 e. The molecule has 1 fully saturated rings. The van der Waals surface area contributed by atoms with Gasteiger partial charge < -0.3 is 11.1 Å². The highest BCUT2D eigenvalue weighted by Gasteiger charge is 2.26. The van der Waals surface area contributed by atoms with Crippen LogP contribution in [0.1, 0.15) is 33.1 Å². The molecule has 1 aromatic carbocycles. The van der Waals surface area contributed by atoms with Crippen LogP contribution < -0.4 is 11.1 Å². The third-order valence-corrected chi connectivity index (χ3v) is 4.00. The van der Waals surface area contributed by atoms with Crippen molar-refractivity contribution in [3.63, 3.8) is 0 Å². The molecule has 0 aliphatic carbocycles. The van der Waals surface area contributed by atoms with Gasteiger partial charge in [-0.1, -0.05) is 13.8 Å². The summed E-state index contributed by atoms with van der Waals surface area (Å²) in [6.07, 6.45) is 3.06. The standard InChI is InChI=1S/C16H25N3O/c1-12(2)15-4-3-10-19(15)11-9-16(20)18-14-7-5-13(17)6-8-14/h5-8,12,15H,3-4,9-11,17H2,1-2H3,(H,18,20). The largest absolute Gasteiger partial charge is 0.399 e. The lowest BCUT2D eigenvalue weighted by Crippen LogP contribution is -2.35. The molecule has 1 aliphatic heterocycles. The molecule has 4 nitrogen and oxygen atoms in total. The van der Waals surface area contributed by atoms with E-state index in [2.05, 4.69) is 24.1 Å². The van der Waals surface area contributed by atoms with Crippen LogP contribution in [0, 0.1) is 5.92 Å². The molecule has 4 heteroatoms. The average Bonchev–Trinajstić information content (AvgIpc) is 2.88.